The summed E-state index contributed by atoms with van der Waals surface area (Å²) in [5, 5.41) is 8.92. The quantitative estimate of drug-likeness (QED) is 0.888. The van der Waals surface area contributed by atoms with E-state index in [-0.39, 0.29) is 30.0 Å². The molecule has 1 atom stereocenters. The van der Waals surface area contributed by atoms with E-state index in [0.29, 0.717) is 0 Å². The Hall–Kier alpha value is -2.56. The Kier molecular flexibility index (Phi) is 4.19. The SMILES string of the molecule is CC(c1ccco1)N(C(=O)Cc1ccc(C(=O)O)cc1)C1CC1. The topological polar surface area (TPSA) is 70.8 Å². The summed E-state index contributed by atoms with van der Waals surface area (Å²) in [6, 6.07) is 10.4. The van der Waals surface area contributed by atoms with E-state index >= 15 is 0 Å². The van der Waals surface area contributed by atoms with Crippen LogP contribution in [0.4, 0.5) is 0 Å². The zero-order valence-electron chi connectivity index (χ0n) is 12.9. The van der Waals surface area contributed by atoms with Crippen LogP contribution in [-0.2, 0) is 11.2 Å². The number of benzene rings is 1. The van der Waals surface area contributed by atoms with Crippen molar-refractivity contribution in [1.29, 1.82) is 0 Å². The average molecular weight is 313 g/mol. The molecular formula is C18H19NO4. The molecule has 120 valence electrons. The van der Waals surface area contributed by atoms with Gasteiger partial charge in [0.05, 0.1) is 24.3 Å². The Balaban J connectivity index is 1.73. The first kappa shape index (κ1) is 15.3. The minimum Gasteiger partial charge on any atom is -0.478 e. The van der Waals surface area contributed by atoms with Crippen LogP contribution in [0.2, 0.25) is 0 Å². The van der Waals surface area contributed by atoms with Crippen molar-refractivity contribution in [3.8, 4) is 0 Å². The highest BCUT2D eigenvalue weighted by molar-refractivity contribution is 5.87. The predicted molar refractivity (Wildman–Crippen MR) is 84.1 cm³/mol. The highest BCUT2D eigenvalue weighted by atomic mass is 16.4. The van der Waals surface area contributed by atoms with Gasteiger partial charge in [-0.05, 0) is 49.6 Å². The maximum absolute atomic E-state index is 12.7. The van der Waals surface area contributed by atoms with Crippen molar-refractivity contribution in [2.75, 3.05) is 0 Å². The molecule has 1 fully saturated rings. The van der Waals surface area contributed by atoms with Crippen LogP contribution in [0.25, 0.3) is 0 Å². The molecule has 23 heavy (non-hydrogen) atoms. The summed E-state index contributed by atoms with van der Waals surface area (Å²) < 4.78 is 5.44. The van der Waals surface area contributed by atoms with Crippen LogP contribution in [0.5, 0.6) is 0 Å². The standard InChI is InChI=1S/C18H19NO4/c1-12(16-3-2-10-23-16)19(15-8-9-15)17(20)11-13-4-6-14(7-5-13)18(21)22/h2-7,10,12,15H,8-9,11H2,1H3,(H,21,22). The summed E-state index contributed by atoms with van der Waals surface area (Å²) in [6.45, 7) is 1.97. The number of nitrogens with zero attached hydrogens (tertiary/aromatic N) is 1. The lowest BCUT2D eigenvalue weighted by Crippen LogP contribution is -2.36. The van der Waals surface area contributed by atoms with Gasteiger partial charge < -0.3 is 14.4 Å². The molecule has 0 saturated heterocycles. The lowest BCUT2D eigenvalue weighted by molar-refractivity contribution is -0.133. The van der Waals surface area contributed by atoms with Crippen LogP contribution < -0.4 is 0 Å². The second-order valence-electron chi connectivity index (χ2n) is 5.90. The molecule has 1 aromatic carbocycles. The molecule has 1 unspecified atom stereocenters. The van der Waals surface area contributed by atoms with Crippen molar-refractivity contribution < 1.29 is 19.1 Å². The third-order valence-electron chi connectivity index (χ3n) is 4.16. The van der Waals surface area contributed by atoms with E-state index in [0.717, 1.165) is 24.2 Å². The van der Waals surface area contributed by atoms with Gasteiger partial charge in [-0.3, -0.25) is 4.79 Å². The lowest BCUT2D eigenvalue weighted by Gasteiger charge is -2.28. The van der Waals surface area contributed by atoms with Crippen LogP contribution in [0.3, 0.4) is 0 Å². The third kappa shape index (κ3) is 3.44. The van der Waals surface area contributed by atoms with Gasteiger partial charge in [-0.1, -0.05) is 12.1 Å². The summed E-state index contributed by atoms with van der Waals surface area (Å²) >= 11 is 0. The van der Waals surface area contributed by atoms with E-state index in [2.05, 4.69) is 0 Å². The molecule has 5 nitrogen and oxygen atoms in total. The zero-order chi connectivity index (χ0) is 16.4. The number of carboxylic acids is 1. The van der Waals surface area contributed by atoms with Crippen molar-refractivity contribution >= 4 is 11.9 Å². The van der Waals surface area contributed by atoms with Gasteiger partial charge in [0.15, 0.2) is 0 Å². The molecular weight excluding hydrogens is 294 g/mol. The minimum absolute atomic E-state index is 0.0412. The highest BCUT2D eigenvalue weighted by Gasteiger charge is 2.36. The van der Waals surface area contributed by atoms with Crippen LogP contribution in [0.1, 0.15) is 47.5 Å². The van der Waals surface area contributed by atoms with Gasteiger partial charge >= 0.3 is 5.97 Å². The van der Waals surface area contributed by atoms with Crippen LogP contribution in [-0.4, -0.2) is 27.9 Å². The van der Waals surface area contributed by atoms with E-state index < -0.39 is 5.97 Å². The number of rotatable bonds is 6. The molecule has 2 aromatic rings. The largest absolute Gasteiger partial charge is 0.478 e. The van der Waals surface area contributed by atoms with Gasteiger partial charge in [0.25, 0.3) is 0 Å². The second-order valence-corrected chi connectivity index (χ2v) is 5.90. The number of aromatic carboxylic acids is 1. The monoisotopic (exact) mass is 313 g/mol. The smallest absolute Gasteiger partial charge is 0.335 e. The normalized spacial score (nSPS) is 15.2. The molecule has 1 aliphatic rings. The van der Waals surface area contributed by atoms with E-state index in [4.69, 9.17) is 9.52 Å². The number of amides is 1. The van der Waals surface area contributed by atoms with Gasteiger partial charge in [-0.2, -0.15) is 0 Å². The first-order chi connectivity index (χ1) is 11.1. The second kappa shape index (κ2) is 6.28. The lowest BCUT2D eigenvalue weighted by atomic mass is 10.1. The fourth-order valence-electron chi connectivity index (χ4n) is 2.79. The zero-order valence-corrected chi connectivity index (χ0v) is 12.9. The van der Waals surface area contributed by atoms with E-state index in [1.54, 1.807) is 18.4 Å². The molecule has 1 aromatic heterocycles. The van der Waals surface area contributed by atoms with Crippen molar-refractivity contribution in [3.05, 3.63) is 59.5 Å². The number of carbonyl (C=O) groups excluding carboxylic acids is 1. The summed E-state index contributed by atoms with van der Waals surface area (Å²) in [7, 11) is 0. The number of hydrogen-bond acceptors (Lipinski definition) is 3. The van der Waals surface area contributed by atoms with E-state index in [1.807, 2.05) is 24.0 Å². The molecule has 1 amide bonds. The number of hydrogen-bond donors (Lipinski definition) is 1. The third-order valence-corrected chi connectivity index (χ3v) is 4.16. The van der Waals surface area contributed by atoms with Crippen molar-refractivity contribution in [2.24, 2.45) is 0 Å². The van der Waals surface area contributed by atoms with Crippen LogP contribution >= 0.6 is 0 Å². The molecule has 1 saturated carbocycles. The van der Waals surface area contributed by atoms with E-state index in [1.165, 1.54) is 12.1 Å². The van der Waals surface area contributed by atoms with Crippen LogP contribution in [0, 0.1) is 0 Å². The number of carboxylic acid groups (broad SMARTS) is 1. The summed E-state index contributed by atoms with van der Waals surface area (Å²) in [5.74, 6) is -0.139. The maximum Gasteiger partial charge on any atom is 0.335 e. The molecule has 0 spiro atoms. The Bertz CT molecular complexity index is 686. The van der Waals surface area contributed by atoms with Gasteiger partial charge in [-0.25, -0.2) is 4.79 Å². The van der Waals surface area contributed by atoms with Gasteiger partial charge in [0, 0.05) is 6.04 Å². The Labute approximate surface area is 134 Å². The first-order valence-corrected chi connectivity index (χ1v) is 7.73. The fourth-order valence-corrected chi connectivity index (χ4v) is 2.79. The maximum atomic E-state index is 12.7. The molecule has 0 bridgehead atoms. The molecule has 1 heterocycles. The number of carbonyl (C=O) groups is 2. The fraction of sp³-hybridized carbons (Fsp3) is 0.333. The van der Waals surface area contributed by atoms with Gasteiger partial charge in [-0.15, -0.1) is 0 Å². The van der Waals surface area contributed by atoms with Crippen molar-refractivity contribution in [3.63, 3.8) is 0 Å². The van der Waals surface area contributed by atoms with Crippen LogP contribution in [0.15, 0.2) is 47.1 Å². The Morgan fingerprint density at radius 1 is 1.26 bits per heavy atom. The molecule has 0 radical (unpaired) electrons. The Morgan fingerprint density at radius 2 is 1.96 bits per heavy atom. The van der Waals surface area contributed by atoms with Gasteiger partial charge in [0.2, 0.25) is 5.91 Å². The number of furan rings is 1. The minimum atomic E-state index is -0.964. The molecule has 1 aliphatic carbocycles. The summed E-state index contributed by atoms with van der Waals surface area (Å²) in [5.41, 5.74) is 1.04. The van der Waals surface area contributed by atoms with Gasteiger partial charge in [0.1, 0.15) is 5.76 Å². The van der Waals surface area contributed by atoms with Crippen molar-refractivity contribution in [1.82, 2.24) is 4.90 Å². The molecule has 3 rings (SSSR count). The summed E-state index contributed by atoms with van der Waals surface area (Å²) in [4.78, 5) is 25.5. The Morgan fingerprint density at radius 3 is 2.48 bits per heavy atom. The summed E-state index contributed by atoms with van der Waals surface area (Å²) in [6.07, 6.45) is 3.93. The predicted octanol–water partition coefficient (Wildman–Crippen LogP) is 3.27. The molecule has 5 heteroatoms. The highest BCUT2D eigenvalue weighted by Crippen LogP contribution is 2.35. The average Bonchev–Trinajstić information content (AvgIpc) is 3.19. The molecule has 1 N–H and O–H groups in total. The van der Waals surface area contributed by atoms with E-state index in [9.17, 15) is 9.59 Å². The first-order valence-electron chi connectivity index (χ1n) is 7.73. The molecule has 0 aliphatic heterocycles. The van der Waals surface area contributed by atoms with Crippen molar-refractivity contribution in [2.45, 2.75) is 38.3 Å².